The summed E-state index contributed by atoms with van der Waals surface area (Å²) in [6.45, 7) is 1.63. The number of anilines is 1. The predicted octanol–water partition coefficient (Wildman–Crippen LogP) is 3.44. The van der Waals surface area contributed by atoms with Gasteiger partial charge in [-0.2, -0.15) is 0 Å². The van der Waals surface area contributed by atoms with Crippen molar-refractivity contribution in [2.24, 2.45) is 23.7 Å². The number of hydrogen-bond acceptors (Lipinski definition) is 6. The lowest BCUT2D eigenvalue weighted by atomic mass is 9.82. The van der Waals surface area contributed by atoms with Crippen molar-refractivity contribution in [2.75, 3.05) is 18.6 Å². The average molecular weight is 445 g/mol. The Morgan fingerprint density at radius 1 is 0.939 bits per heavy atom. The maximum atomic E-state index is 13.0. The van der Waals surface area contributed by atoms with Crippen LogP contribution in [0.15, 0.2) is 60.2 Å². The van der Waals surface area contributed by atoms with Gasteiger partial charge in [-0.05, 0) is 73.7 Å². The molecule has 0 N–H and O–H groups in total. The molecular weight excluding hydrogens is 422 g/mol. The molecule has 2 aromatic carbocycles. The fourth-order valence-electron chi connectivity index (χ4n) is 5.35. The first-order valence-corrected chi connectivity index (χ1v) is 10.9. The molecule has 0 spiro atoms. The highest BCUT2D eigenvalue weighted by molar-refractivity contribution is 6.23. The van der Waals surface area contributed by atoms with Gasteiger partial charge in [-0.25, -0.2) is 4.79 Å². The minimum absolute atomic E-state index is 0.138. The largest absolute Gasteiger partial charge is 0.497 e. The summed E-state index contributed by atoms with van der Waals surface area (Å²) in [5.41, 5.74) is 2.29. The molecule has 33 heavy (non-hydrogen) atoms. The molecule has 2 amide bonds. The molecule has 2 fully saturated rings. The Balaban J connectivity index is 1.23. The lowest BCUT2D eigenvalue weighted by molar-refractivity contribution is -0.123. The third-order valence-corrected chi connectivity index (χ3v) is 6.99. The third kappa shape index (κ3) is 3.44. The average Bonchev–Trinajstić information content (AvgIpc) is 3.47. The van der Waals surface area contributed by atoms with Crippen LogP contribution in [0.5, 0.6) is 5.75 Å². The summed E-state index contributed by atoms with van der Waals surface area (Å²) in [5, 5.41) is 0. The van der Waals surface area contributed by atoms with E-state index in [-0.39, 0.29) is 46.8 Å². The second kappa shape index (κ2) is 7.99. The van der Waals surface area contributed by atoms with E-state index in [9.17, 15) is 19.2 Å². The lowest BCUT2D eigenvalue weighted by Crippen LogP contribution is -2.32. The Morgan fingerprint density at radius 3 is 2.24 bits per heavy atom. The number of allylic oxidation sites excluding steroid dienone is 2. The summed E-state index contributed by atoms with van der Waals surface area (Å²) >= 11 is 0. The van der Waals surface area contributed by atoms with Crippen molar-refractivity contribution in [3.63, 3.8) is 0 Å². The molecule has 1 saturated heterocycles. The number of carbonyl (C=O) groups excluding carboxylic acids is 4. The van der Waals surface area contributed by atoms with Crippen LogP contribution >= 0.6 is 0 Å². The zero-order chi connectivity index (χ0) is 23.3. The highest BCUT2D eigenvalue weighted by Crippen LogP contribution is 2.55. The van der Waals surface area contributed by atoms with Gasteiger partial charge in [-0.1, -0.05) is 11.6 Å². The highest BCUT2D eigenvalue weighted by atomic mass is 16.5. The topological polar surface area (TPSA) is 90.0 Å². The fraction of sp³-hybridized carbons (Fsp3) is 0.308. The van der Waals surface area contributed by atoms with Crippen molar-refractivity contribution in [3.8, 4) is 5.75 Å². The van der Waals surface area contributed by atoms with Crippen molar-refractivity contribution < 1.29 is 28.7 Å². The summed E-state index contributed by atoms with van der Waals surface area (Å²) < 4.78 is 10.2. The maximum Gasteiger partial charge on any atom is 0.338 e. The summed E-state index contributed by atoms with van der Waals surface area (Å²) in [7, 11) is 1.53. The van der Waals surface area contributed by atoms with E-state index in [1.807, 2.05) is 6.92 Å². The Kier molecular flexibility index (Phi) is 5.12. The van der Waals surface area contributed by atoms with E-state index in [2.05, 4.69) is 6.08 Å². The van der Waals surface area contributed by atoms with Crippen molar-refractivity contribution in [1.82, 2.24) is 0 Å². The molecule has 1 saturated carbocycles. The van der Waals surface area contributed by atoms with E-state index < -0.39 is 12.6 Å². The number of fused-ring (bicyclic) bond motifs is 5. The first-order chi connectivity index (χ1) is 15.9. The number of ether oxygens (including phenoxy) is 2. The number of imide groups is 1. The Bertz CT molecular complexity index is 1180. The van der Waals surface area contributed by atoms with E-state index in [4.69, 9.17) is 9.47 Å². The molecule has 2 aliphatic carbocycles. The minimum atomic E-state index is -0.655. The van der Waals surface area contributed by atoms with E-state index in [0.717, 1.165) is 6.42 Å². The highest BCUT2D eigenvalue weighted by Gasteiger charge is 2.60. The second-order valence-electron chi connectivity index (χ2n) is 8.75. The first kappa shape index (κ1) is 21.1. The SMILES string of the molecule is COc1ccc(C(=O)COC(=O)c2ccc(N3C(=O)[C@@H]4[C@H](C3=O)[C@H]3C=C(C)[C@H]4C3)cc2)cc1. The summed E-state index contributed by atoms with van der Waals surface area (Å²) in [4.78, 5) is 51.9. The van der Waals surface area contributed by atoms with Gasteiger partial charge in [-0.3, -0.25) is 19.3 Å². The molecule has 4 atom stereocenters. The van der Waals surface area contributed by atoms with Gasteiger partial charge in [0.05, 0.1) is 30.2 Å². The van der Waals surface area contributed by atoms with Crippen LogP contribution in [0.3, 0.4) is 0 Å². The molecule has 0 unspecified atom stereocenters. The molecule has 2 bridgehead atoms. The number of carbonyl (C=O) groups is 4. The van der Waals surface area contributed by atoms with Crippen LogP contribution in [0.2, 0.25) is 0 Å². The van der Waals surface area contributed by atoms with Gasteiger partial charge in [0.2, 0.25) is 11.8 Å². The van der Waals surface area contributed by atoms with E-state index in [0.29, 0.717) is 17.0 Å². The van der Waals surface area contributed by atoms with Crippen LogP contribution in [-0.2, 0) is 14.3 Å². The molecule has 0 radical (unpaired) electrons. The Morgan fingerprint density at radius 2 is 1.58 bits per heavy atom. The number of rotatable bonds is 6. The lowest BCUT2D eigenvalue weighted by Gasteiger charge is -2.19. The van der Waals surface area contributed by atoms with Gasteiger partial charge in [0.25, 0.3) is 0 Å². The van der Waals surface area contributed by atoms with Crippen molar-refractivity contribution in [2.45, 2.75) is 13.3 Å². The Labute approximate surface area is 191 Å². The van der Waals surface area contributed by atoms with Gasteiger partial charge < -0.3 is 9.47 Å². The number of esters is 1. The van der Waals surface area contributed by atoms with Crippen LogP contribution in [-0.4, -0.2) is 37.3 Å². The Hall–Kier alpha value is -3.74. The van der Waals surface area contributed by atoms with Crippen LogP contribution in [0.4, 0.5) is 5.69 Å². The number of Topliss-reactive ketones (excluding diaryl/α,β-unsaturated/α-hetero) is 1. The number of methoxy groups -OCH3 is 1. The van der Waals surface area contributed by atoms with Crippen molar-refractivity contribution >= 4 is 29.3 Å². The maximum absolute atomic E-state index is 13.0. The third-order valence-electron chi connectivity index (χ3n) is 6.99. The molecule has 0 aromatic heterocycles. The molecule has 3 aliphatic rings. The number of amides is 2. The minimum Gasteiger partial charge on any atom is -0.497 e. The van der Waals surface area contributed by atoms with Gasteiger partial charge in [0.1, 0.15) is 5.75 Å². The molecule has 1 heterocycles. The molecule has 2 aromatic rings. The predicted molar refractivity (Wildman–Crippen MR) is 119 cm³/mol. The smallest absolute Gasteiger partial charge is 0.338 e. The summed E-state index contributed by atoms with van der Waals surface area (Å²) in [5.74, 6) is -0.953. The normalized spacial score (nSPS) is 25.2. The number of ketones is 1. The zero-order valence-corrected chi connectivity index (χ0v) is 18.3. The van der Waals surface area contributed by atoms with Gasteiger partial charge in [0.15, 0.2) is 12.4 Å². The first-order valence-electron chi connectivity index (χ1n) is 10.9. The summed E-state index contributed by atoms with van der Waals surface area (Å²) in [6.07, 6.45) is 3.01. The van der Waals surface area contributed by atoms with Crippen LogP contribution < -0.4 is 9.64 Å². The van der Waals surface area contributed by atoms with Gasteiger partial charge in [0, 0.05) is 5.56 Å². The van der Waals surface area contributed by atoms with E-state index >= 15 is 0 Å². The number of hydrogen-bond donors (Lipinski definition) is 0. The molecular formula is C26H23NO6. The number of nitrogens with zero attached hydrogens (tertiary/aromatic N) is 1. The monoisotopic (exact) mass is 445 g/mol. The quantitative estimate of drug-likeness (QED) is 0.293. The van der Waals surface area contributed by atoms with Crippen LogP contribution in [0.25, 0.3) is 0 Å². The standard InChI is InChI=1S/C26H23NO6/c1-14-11-17-12-20(14)23-22(17)24(29)27(25(23)30)18-7-3-16(4-8-18)26(31)33-13-21(28)15-5-9-19(32-2)10-6-15/h3-11,17,20,22-23H,12-13H2,1-2H3/t17-,20+,22+,23-/m0/s1. The van der Waals surface area contributed by atoms with E-state index in [1.165, 1.54) is 29.7 Å². The van der Waals surface area contributed by atoms with Crippen molar-refractivity contribution in [3.05, 3.63) is 71.3 Å². The molecule has 7 heteroatoms. The van der Waals surface area contributed by atoms with Crippen LogP contribution in [0, 0.1) is 23.7 Å². The van der Waals surface area contributed by atoms with E-state index in [1.54, 1.807) is 36.4 Å². The van der Waals surface area contributed by atoms with Gasteiger partial charge >= 0.3 is 5.97 Å². The molecule has 168 valence electrons. The number of benzene rings is 2. The second-order valence-corrected chi connectivity index (χ2v) is 8.75. The van der Waals surface area contributed by atoms with Crippen LogP contribution in [0.1, 0.15) is 34.1 Å². The zero-order valence-electron chi connectivity index (χ0n) is 18.3. The summed E-state index contributed by atoms with van der Waals surface area (Å²) in [6, 6.07) is 12.7. The molecule has 5 rings (SSSR count). The van der Waals surface area contributed by atoms with Gasteiger partial charge in [-0.15, -0.1) is 0 Å². The fourth-order valence-corrected chi connectivity index (χ4v) is 5.35. The molecule has 1 aliphatic heterocycles. The molecule has 7 nitrogen and oxygen atoms in total. The van der Waals surface area contributed by atoms with Crippen molar-refractivity contribution in [1.29, 1.82) is 0 Å².